The largest absolute Gasteiger partial charge is 0.395 e. The molecule has 1 aliphatic rings. The Morgan fingerprint density at radius 3 is 2.72 bits per heavy atom. The predicted molar refractivity (Wildman–Crippen MR) is 66.9 cm³/mol. The van der Waals surface area contributed by atoms with Gasteiger partial charge in [-0.3, -0.25) is 4.57 Å². The fourth-order valence-electron chi connectivity index (χ4n) is 2.44. The molecule has 0 bridgehead atoms. The van der Waals surface area contributed by atoms with Crippen molar-refractivity contribution < 1.29 is 10.2 Å². The minimum absolute atomic E-state index is 0.144. The molecule has 98 valence electrons. The third-order valence-electron chi connectivity index (χ3n) is 3.48. The van der Waals surface area contributed by atoms with Gasteiger partial charge in [-0.25, -0.2) is 4.79 Å². The van der Waals surface area contributed by atoms with E-state index in [0.717, 1.165) is 5.57 Å². The summed E-state index contributed by atoms with van der Waals surface area (Å²) in [4.78, 5) is 15.5. The van der Waals surface area contributed by atoms with Crippen molar-refractivity contribution in [3.05, 3.63) is 34.4 Å². The molecule has 1 unspecified atom stereocenters. The SMILES string of the molecule is CC1=CC(CO)(CO)CC1n1ccc(N)nc1=O. The minimum Gasteiger partial charge on any atom is -0.395 e. The Morgan fingerprint density at radius 2 is 2.22 bits per heavy atom. The molecule has 4 N–H and O–H groups in total. The monoisotopic (exact) mass is 251 g/mol. The van der Waals surface area contributed by atoms with E-state index >= 15 is 0 Å². The lowest BCUT2D eigenvalue weighted by molar-refractivity contribution is 0.0864. The summed E-state index contributed by atoms with van der Waals surface area (Å²) >= 11 is 0. The number of nitrogens with zero attached hydrogens (tertiary/aromatic N) is 2. The van der Waals surface area contributed by atoms with Crippen molar-refractivity contribution in [2.45, 2.75) is 19.4 Å². The zero-order chi connectivity index (χ0) is 13.3. The Morgan fingerprint density at radius 1 is 1.56 bits per heavy atom. The second kappa shape index (κ2) is 4.55. The van der Waals surface area contributed by atoms with E-state index in [1.807, 2.05) is 13.0 Å². The Labute approximate surface area is 104 Å². The van der Waals surface area contributed by atoms with Gasteiger partial charge in [-0.2, -0.15) is 4.98 Å². The van der Waals surface area contributed by atoms with Crippen LogP contribution in [-0.4, -0.2) is 33.0 Å². The number of rotatable bonds is 3. The van der Waals surface area contributed by atoms with Crippen LogP contribution in [0.15, 0.2) is 28.7 Å². The van der Waals surface area contributed by atoms with E-state index in [0.29, 0.717) is 6.42 Å². The van der Waals surface area contributed by atoms with Crippen LogP contribution in [0.25, 0.3) is 0 Å². The smallest absolute Gasteiger partial charge is 0.350 e. The lowest BCUT2D eigenvalue weighted by Crippen LogP contribution is -2.31. The van der Waals surface area contributed by atoms with Crippen LogP contribution in [0.5, 0.6) is 0 Å². The van der Waals surface area contributed by atoms with Gasteiger partial charge in [0.1, 0.15) is 5.82 Å². The van der Waals surface area contributed by atoms with Crippen LogP contribution < -0.4 is 11.4 Å². The number of hydrogen-bond acceptors (Lipinski definition) is 5. The first-order chi connectivity index (χ1) is 8.51. The summed E-state index contributed by atoms with van der Waals surface area (Å²) in [5.41, 5.74) is 5.31. The van der Waals surface area contributed by atoms with Crippen molar-refractivity contribution in [1.29, 1.82) is 0 Å². The maximum Gasteiger partial charge on any atom is 0.350 e. The molecule has 1 aromatic rings. The summed E-state index contributed by atoms with van der Waals surface area (Å²) in [6, 6.07) is 1.37. The normalized spacial score (nSPS) is 21.9. The second-order valence-corrected chi connectivity index (χ2v) is 4.83. The minimum atomic E-state index is -0.657. The maximum absolute atomic E-state index is 11.8. The van der Waals surface area contributed by atoms with Crippen molar-refractivity contribution >= 4 is 5.82 Å². The molecule has 0 amide bonds. The molecular formula is C12H17N3O3. The number of nitrogen functional groups attached to an aromatic ring is 1. The van der Waals surface area contributed by atoms with E-state index < -0.39 is 11.1 Å². The fourth-order valence-corrected chi connectivity index (χ4v) is 2.44. The van der Waals surface area contributed by atoms with E-state index in [9.17, 15) is 15.0 Å². The Hall–Kier alpha value is -1.66. The lowest BCUT2D eigenvalue weighted by atomic mass is 9.89. The first-order valence-corrected chi connectivity index (χ1v) is 5.77. The van der Waals surface area contributed by atoms with Gasteiger partial charge in [-0.15, -0.1) is 0 Å². The molecular weight excluding hydrogens is 234 g/mol. The summed E-state index contributed by atoms with van der Waals surface area (Å²) in [5, 5.41) is 18.8. The zero-order valence-electron chi connectivity index (χ0n) is 10.2. The van der Waals surface area contributed by atoms with E-state index in [-0.39, 0.29) is 25.1 Å². The number of aromatic nitrogens is 2. The Bertz CT molecular complexity index is 532. The van der Waals surface area contributed by atoms with Crippen LogP contribution in [-0.2, 0) is 0 Å². The van der Waals surface area contributed by atoms with Crippen molar-refractivity contribution in [2.24, 2.45) is 5.41 Å². The van der Waals surface area contributed by atoms with E-state index in [1.54, 1.807) is 12.3 Å². The maximum atomic E-state index is 11.8. The lowest BCUT2D eigenvalue weighted by Gasteiger charge is -2.24. The molecule has 1 atom stereocenters. The van der Waals surface area contributed by atoms with Gasteiger partial charge in [0.05, 0.1) is 19.3 Å². The molecule has 0 fully saturated rings. The van der Waals surface area contributed by atoms with Gasteiger partial charge in [0.2, 0.25) is 0 Å². The summed E-state index contributed by atoms with van der Waals surface area (Å²) in [7, 11) is 0. The van der Waals surface area contributed by atoms with Crippen molar-refractivity contribution in [3.63, 3.8) is 0 Å². The van der Waals surface area contributed by atoms with E-state index in [2.05, 4.69) is 4.98 Å². The highest BCUT2D eigenvalue weighted by Crippen LogP contribution is 2.41. The summed E-state index contributed by atoms with van der Waals surface area (Å²) in [5.74, 6) is 0.187. The summed E-state index contributed by atoms with van der Waals surface area (Å²) < 4.78 is 1.48. The molecule has 0 aliphatic heterocycles. The number of nitrogens with two attached hydrogens (primary N) is 1. The van der Waals surface area contributed by atoms with Gasteiger partial charge in [0.15, 0.2) is 0 Å². The first kappa shape index (κ1) is 12.8. The van der Waals surface area contributed by atoms with Gasteiger partial charge in [-0.1, -0.05) is 11.6 Å². The average Bonchev–Trinajstić information content (AvgIpc) is 2.67. The van der Waals surface area contributed by atoms with E-state index in [1.165, 1.54) is 4.57 Å². The van der Waals surface area contributed by atoms with Crippen LogP contribution in [0, 0.1) is 5.41 Å². The molecule has 0 saturated heterocycles. The Kier molecular flexibility index (Phi) is 3.23. The predicted octanol–water partition coefficient (Wildman–Crippen LogP) is -0.312. The third kappa shape index (κ3) is 2.04. The number of allylic oxidation sites excluding steroid dienone is 1. The summed E-state index contributed by atoms with van der Waals surface area (Å²) in [6.45, 7) is 1.59. The molecule has 0 spiro atoms. The van der Waals surface area contributed by atoms with Gasteiger partial charge in [0.25, 0.3) is 0 Å². The number of hydrogen-bond donors (Lipinski definition) is 3. The van der Waals surface area contributed by atoms with Crippen LogP contribution in [0.1, 0.15) is 19.4 Å². The molecule has 0 saturated carbocycles. The quantitative estimate of drug-likeness (QED) is 0.639. The average molecular weight is 251 g/mol. The molecule has 0 radical (unpaired) electrons. The second-order valence-electron chi connectivity index (χ2n) is 4.83. The topological polar surface area (TPSA) is 101 Å². The number of aliphatic hydroxyl groups is 2. The molecule has 0 aromatic carbocycles. The van der Waals surface area contributed by atoms with Gasteiger partial charge in [-0.05, 0) is 19.4 Å². The van der Waals surface area contributed by atoms with Crippen molar-refractivity contribution in [2.75, 3.05) is 18.9 Å². The fraction of sp³-hybridized carbons (Fsp3) is 0.500. The van der Waals surface area contributed by atoms with Crippen molar-refractivity contribution in [3.8, 4) is 0 Å². The third-order valence-corrected chi connectivity index (χ3v) is 3.48. The standard InChI is InChI=1S/C12H17N3O3/c1-8-4-12(6-16,7-17)5-9(8)15-3-2-10(13)14-11(15)18/h2-4,9,16-17H,5-7H2,1H3,(H2,13,14,18). The van der Waals surface area contributed by atoms with Crippen LogP contribution >= 0.6 is 0 Å². The number of anilines is 1. The van der Waals surface area contributed by atoms with Crippen LogP contribution in [0.2, 0.25) is 0 Å². The highest BCUT2D eigenvalue weighted by atomic mass is 16.3. The zero-order valence-corrected chi connectivity index (χ0v) is 10.2. The molecule has 6 nitrogen and oxygen atoms in total. The molecule has 1 aromatic heterocycles. The molecule has 6 heteroatoms. The number of aliphatic hydroxyl groups excluding tert-OH is 2. The molecule has 18 heavy (non-hydrogen) atoms. The van der Waals surface area contributed by atoms with Gasteiger partial charge < -0.3 is 15.9 Å². The highest BCUT2D eigenvalue weighted by molar-refractivity contribution is 5.26. The van der Waals surface area contributed by atoms with Crippen LogP contribution in [0.4, 0.5) is 5.82 Å². The summed E-state index contributed by atoms with van der Waals surface area (Å²) in [6.07, 6.45) is 3.91. The Balaban J connectivity index is 2.37. The first-order valence-electron chi connectivity index (χ1n) is 5.77. The molecule has 1 aliphatic carbocycles. The van der Waals surface area contributed by atoms with E-state index in [4.69, 9.17) is 5.73 Å². The van der Waals surface area contributed by atoms with Crippen LogP contribution in [0.3, 0.4) is 0 Å². The highest BCUT2D eigenvalue weighted by Gasteiger charge is 2.37. The van der Waals surface area contributed by atoms with Gasteiger partial charge >= 0.3 is 5.69 Å². The molecule has 2 rings (SSSR count). The molecule has 1 heterocycles. The van der Waals surface area contributed by atoms with Gasteiger partial charge in [0, 0.05) is 11.6 Å². The van der Waals surface area contributed by atoms with Crippen molar-refractivity contribution in [1.82, 2.24) is 9.55 Å².